The second-order valence-corrected chi connectivity index (χ2v) is 9.07. The average molecular weight is 440 g/mol. The Hall–Kier alpha value is -1.22. The van der Waals surface area contributed by atoms with Gasteiger partial charge in [0.1, 0.15) is 5.73 Å². The van der Waals surface area contributed by atoms with E-state index in [1.807, 2.05) is 56.9 Å². The molecule has 0 aliphatic carbocycles. The first-order valence-corrected chi connectivity index (χ1v) is 9.75. The molecule has 0 saturated carbocycles. The molecule has 8 heteroatoms. The zero-order chi connectivity index (χ0) is 20.0. The van der Waals surface area contributed by atoms with Crippen LogP contribution in [-0.2, 0) is 14.1 Å². The number of rotatable bonds is 5. The lowest BCUT2D eigenvalue weighted by Crippen LogP contribution is -2.50. The van der Waals surface area contributed by atoms with Crippen molar-refractivity contribution in [3.63, 3.8) is 0 Å². The molecule has 2 aliphatic heterocycles. The topological polar surface area (TPSA) is 59.0 Å². The molecule has 2 saturated heterocycles. The van der Waals surface area contributed by atoms with E-state index in [0.29, 0.717) is 25.2 Å². The van der Waals surface area contributed by atoms with Crippen molar-refractivity contribution < 1.29 is 23.6 Å². The molecule has 1 aromatic rings. The lowest BCUT2D eigenvalue weighted by Gasteiger charge is -2.37. The number of likely N-dealkylation sites (tertiary alicyclic amines) is 1. The van der Waals surface area contributed by atoms with E-state index < -0.39 is 35.9 Å². The molecule has 2 fully saturated rings. The third-order valence-corrected chi connectivity index (χ3v) is 6.16. The molecule has 1 aromatic carbocycles. The Morgan fingerprint density at radius 2 is 1.74 bits per heavy atom. The molecule has 0 spiro atoms. The van der Waals surface area contributed by atoms with Gasteiger partial charge in [-0.05, 0) is 45.4 Å². The van der Waals surface area contributed by atoms with E-state index in [9.17, 15) is 4.79 Å². The van der Waals surface area contributed by atoms with Gasteiger partial charge in [-0.1, -0.05) is 28.1 Å². The summed E-state index contributed by atoms with van der Waals surface area (Å²) in [6, 6.07) is 7.36. The third-order valence-electron chi connectivity index (χ3n) is 5.63. The molecule has 0 atom stereocenters. The van der Waals surface area contributed by atoms with E-state index in [1.54, 1.807) is 0 Å². The standard InChI is InChI=1S/C19H24BBrFNO4/c1-18(2)19(3,4)27-20(26-18)16(22)15(12-5-7-14(21)8-6-12)11-23-9-13(10-23)17(24)25/h5-8,13H,9-11H2,1-4H3,(H,24,25). The maximum Gasteiger partial charge on any atom is 0.525 e. The van der Waals surface area contributed by atoms with Crippen LogP contribution < -0.4 is 0 Å². The van der Waals surface area contributed by atoms with E-state index >= 15 is 4.39 Å². The SMILES string of the molecule is CC1(C)OB(C(F)=C(CN2CC(C(=O)O)C2)c2ccc(Br)cc2)OC1(C)C. The Morgan fingerprint density at radius 1 is 1.22 bits per heavy atom. The zero-order valence-electron chi connectivity index (χ0n) is 16.0. The van der Waals surface area contributed by atoms with Crippen LogP contribution in [0.2, 0.25) is 0 Å². The van der Waals surface area contributed by atoms with Gasteiger partial charge >= 0.3 is 13.1 Å². The Bertz CT molecular complexity index is 743. The number of benzene rings is 1. The number of nitrogens with zero attached hydrogens (tertiary/aromatic N) is 1. The van der Waals surface area contributed by atoms with Gasteiger partial charge in [-0.25, -0.2) is 4.39 Å². The predicted molar refractivity (Wildman–Crippen MR) is 106 cm³/mol. The van der Waals surface area contributed by atoms with Crippen LogP contribution in [0.25, 0.3) is 5.57 Å². The van der Waals surface area contributed by atoms with Crippen LogP contribution in [0.5, 0.6) is 0 Å². The van der Waals surface area contributed by atoms with E-state index in [4.69, 9.17) is 14.4 Å². The minimum Gasteiger partial charge on any atom is -0.481 e. The predicted octanol–water partition coefficient (Wildman–Crippen LogP) is 3.78. The maximum atomic E-state index is 15.5. The highest BCUT2D eigenvalue weighted by atomic mass is 79.9. The van der Waals surface area contributed by atoms with Crippen molar-refractivity contribution >= 4 is 34.6 Å². The van der Waals surface area contributed by atoms with Gasteiger partial charge in [0.15, 0.2) is 0 Å². The van der Waals surface area contributed by atoms with Crippen molar-refractivity contribution in [2.75, 3.05) is 19.6 Å². The van der Waals surface area contributed by atoms with Gasteiger partial charge in [0.2, 0.25) is 0 Å². The lowest BCUT2D eigenvalue weighted by atomic mass is 9.82. The average Bonchev–Trinajstić information content (AvgIpc) is 2.74. The molecule has 0 aromatic heterocycles. The first-order chi connectivity index (χ1) is 12.5. The quantitative estimate of drug-likeness (QED) is 0.707. The van der Waals surface area contributed by atoms with Crippen LogP contribution >= 0.6 is 15.9 Å². The lowest BCUT2D eigenvalue weighted by molar-refractivity contribution is -0.147. The molecule has 5 nitrogen and oxygen atoms in total. The van der Waals surface area contributed by atoms with Gasteiger partial charge < -0.3 is 14.4 Å². The molecule has 3 rings (SSSR count). The van der Waals surface area contributed by atoms with Crippen LogP contribution in [0.4, 0.5) is 4.39 Å². The van der Waals surface area contributed by atoms with E-state index in [-0.39, 0.29) is 0 Å². The molecule has 2 aliphatic rings. The number of carbonyl (C=O) groups is 1. The van der Waals surface area contributed by atoms with Gasteiger partial charge in [-0.15, -0.1) is 0 Å². The normalized spacial score (nSPS) is 23.1. The summed E-state index contributed by atoms with van der Waals surface area (Å²) in [5.74, 6) is -1.21. The van der Waals surface area contributed by atoms with Crippen molar-refractivity contribution in [2.45, 2.75) is 38.9 Å². The fourth-order valence-electron chi connectivity index (χ4n) is 3.12. The summed E-state index contributed by atoms with van der Waals surface area (Å²) in [5.41, 5.74) is -0.542. The van der Waals surface area contributed by atoms with Gasteiger partial charge in [-0.2, -0.15) is 0 Å². The molecule has 0 unspecified atom stereocenters. The smallest absolute Gasteiger partial charge is 0.481 e. The number of hydrogen-bond donors (Lipinski definition) is 1. The minimum absolute atomic E-state index is 0.307. The summed E-state index contributed by atoms with van der Waals surface area (Å²) in [6.07, 6.45) is 0. The fourth-order valence-corrected chi connectivity index (χ4v) is 3.39. The first kappa shape index (κ1) is 20.5. The van der Waals surface area contributed by atoms with Gasteiger partial charge in [0, 0.05) is 29.7 Å². The number of carboxylic acids is 1. The van der Waals surface area contributed by atoms with Crippen molar-refractivity contribution in [2.24, 2.45) is 5.92 Å². The van der Waals surface area contributed by atoms with E-state index in [1.165, 1.54) is 0 Å². The number of carboxylic acid groups (broad SMARTS) is 1. The molecule has 27 heavy (non-hydrogen) atoms. The van der Waals surface area contributed by atoms with Crippen LogP contribution in [0.15, 0.2) is 34.5 Å². The Morgan fingerprint density at radius 3 is 2.22 bits per heavy atom. The third kappa shape index (κ3) is 4.13. The van der Waals surface area contributed by atoms with Gasteiger partial charge in [0.25, 0.3) is 0 Å². The Labute approximate surface area is 167 Å². The highest BCUT2D eigenvalue weighted by molar-refractivity contribution is 9.10. The molecule has 146 valence electrons. The monoisotopic (exact) mass is 439 g/mol. The summed E-state index contributed by atoms with van der Waals surface area (Å²) in [5, 5.41) is 9.07. The number of halogens is 2. The van der Waals surface area contributed by atoms with Crippen LogP contribution in [-0.4, -0.2) is 53.9 Å². The number of hydrogen-bond acceptors (Lipinski definition) is 4. The summed E-state index contributed by atoms with van der Waals surface area (Å²) < 4.78 is 28.1. The minimum atomic E-state index is -1.08. The van der Waals surface area contributed by atoms with E-state index in [2.05, 4.69) is 15.9 Å². The molecule has 0 amide bonds. The van der Waals surface area contributed by atoms with E-state index in [0.717, 1.165) is 10.0 Å². The summed E-state index contributed by atoms with van der Waals surface area (Å²) in [7, 11) is -1.08. The van der Waals surface area contributed by atoms with Crippen molar-refractivity contribution in [3.8, 4) is 0 Å². The second-order valence-electron chi connectivity index (χ2n) is 8.15. The molecular weight excluding hydrogens is 416 g/mol. The summed E-state index contributed by atoms with van der Waals surface area (Å²) >= 11 is 3.39. The highest BCUT2D eigenvalue weighted by Crippen LogP contribution is 2.40. The van der Waals surface area contributed by atoms with Gasteiger partial charge in [0.05, 0.1) is 17.1 Å². The molecule has 1 N–H and O–H groups in total. The zero-order valence-corrected chi connectivity index (χ0v) is 17.5. The summed E-state index contributed by atoms with van der Waals surface area (Å²) in [4.78, 5) is 13.0. The molecular formula is C19H24BBrFNO4. The maximum absolute atomic E-state index is 15.5. The molecule has 0 radical (unpaired) electrons. The first-order valence-electron chi connectivity index (χ1n) is 8.95. The number of aliphatic carboxylic acids is 1. The van der Waals surface area contributed by atoms with Crippen LogP contribution in [0.3, 0.4) is 0 Å². The summed E-state index contributed by atoms with van der Waals surface area (Å²) in [6.45, 7) is 8.65. The van der Waals surface area contributed by atoms with Gasteiger partial charge in [-0.3, -0.25) is 9.69 Å². The Kier molecular flexibility index (Phi) is 5.56. The van der Waals surface area contributed by atoms with Crippen LogP contribution in [0, 0.1) is 5.92 Å². The van der Waals surface area contributed by atoms with Crippen molar-refractivity contribution in [1.29, 1.82) is 0 Å². The fraction of sp³-hybridized carbons (Fsp3) is 0.526. The van der Waals surface area contributed by atoms with Crippen molar-refractivity contribution in [1.82, 2.24) is 4.90 Å². The highest BCUT2D eigenvalue weighted by Gasteiger charge is 2.53. The largest absolute Gasteiger partial charge is 0.525 e. The second kappa shape index (κ2) is 7.31. The Balaban J connectivity index is 1.88. The molecule has 2 heterocycles. The molecule has 0 bridgehead atoms. The van der Waals surface area contributed by atoms with Crippen LogP contribution in [0.1, 0.15) is 33.3 Å². The van der Waals surface area contributed by atoms with Crippen molar-refractivity contribution in [3.05, 3.63) is 40.0 Å².